The van der Waals surface area contributed by atoms with Crippen LogP contribution >= 0.6 is 0 Å². The molecular weight excluding hydrogens is 464 g/mol. The summed E-state index contributed by atoms with van der Waals surface area (Å²) in [7, 11) is 0. The maximum Gasteiger partial charge on any atom is 0.306 e. The first-order valence-corrected chi connectivity index (χ1v) is 15.3. The molecule has 5 heteroatoms. The molecule has 0 radical (unpaired) electrons. The lowest BCUT2D eigenvalue weighted by Crippen LogP contribution is -2.61. The van der Waals surface area contributed by atoms with E-state index >= 15 is 0 Å². The third kappa shape index (κ3) is 5.46. The summed E-state index contributed by atoms with van der Waals surface area (Å²) in [6, 6.07) is 0. The van der Waals surface area contributed by atoms with Crippen LogP contribution in [0.25, 0.3) is 0 Å². The van der Waals surface area contributed by atoms with Crippen molar-refractivity contribution in [3.05, 3.63) is 12.7 Å². The lowest BCUT2D eigenvalue weighted by Gasteiger charge is -2.61. The molecule has 37 heavy (non-hydrogen) atoms. The van der Waals surface area contributed by atoms with Gasteiger partial charge >= 0.3 is 5.97 Å². The van der Waals surface area contributed by atoms with Crippen molar-refractivity contribution < 1.29 is 24.2 Å². The smallest absolute Gasteiger partial charge is 0.306 e. The van der Waals surface area contributed by atoms with Gasteiger partial charge in [-0.3, -0.25) is 9.59 Å². The molecule has 0 spiro atoms. The quantitative estimate of drug-likeness (QED) is 0.192. The number of aliphatic hydroxyl groups excluding tert-OH is 1. The van der Waals surface area contributed by atoms with Crippen molar-refractivity contribution in [1.82, 2.24) is 0 Å². The Balaban J connectivity index is 1.44. The van der Waals surface area contributed by atoms with Crippen molar-refractivity contribution >= 4 is 11.8 Å². The van der Waals surface area contributed by atoms with E-state index in [0.29, 0.717) is 36.4 Å². The Labute approximate surface area is 225 Å². The number of carbonyl (C=O) groups excluding carboxylic acids is 2. The largest absolute Gasteiger partial charge is 0.461 e. The van der Waals surface area contributed by atoms with Crippen molar-refractivity contribution in [3.63, 3.8) is 0 Å². The normalized spacial score (nSPS) is 41.9. The summed E-state index contributed by atoms with van der Waals surface area (Å²) < 4.78 is 11.4. The zero-order valence-electron chi connectivity index (χ0n) is 23.9. The molecule has 4 saturated carbocycles. The molecule has 210 valence electrons. The number of aliphatic hydroxyl groups is 1. The van der Waals surface area contributed by atoms with Gasteiger partial charge in [0.2, 0.25) is 0 Å². The molecule has 0 aromatic rings. The molecule has 5 nitrogen and oxygen atoms in total. The van der Waals surface area contributed by atoms with Crippen LogP contribution in [-0.4, -0.2) is 42.3 Å². The maximum absolute atomic E-state index is 13.8. The van der Waals surface area contributed by atoms with Gasteiger partial charge in [-0.05, 0) is 86.4 Å². The van der Waals surface area contributed by atoms with Crippen LogP contribution in [-0.2, 0) is 19.1 Å². The van der Waals surface area contributed by atoms with Gasteiger partial charge in [-0.1, -0.05) is 53.2 Å². The molecule has 0 aromatic heterocycles. The molecule has 10 atom stereocenters. The molecular formula is C32H52O5. The van der Waals surface area contributed by atoms with Gasteiger partial charge in [-0.15, -0.1) is 0 Å². The van der Waals surface area contributed by atoms with Crippen molar-refractivity contribution in [2.75, 3.05) is 13.2 Å². The Morgan fingerprint density at radius 2 is 1.97 bits per heavy atom. The minimum Gasteiger partial charge on any atom is -0.461 e. The first kappa shape index (κ1) is 28.8. The van der Waals surface area contributed by atoms with Crippen molar-refractivity contribution in [2.24, 2.45) is 46.3 Å². The van der Waals surface area contributed by atoms with Crippen molar-refractivity contribution in [1.29, 1.82) is 0 Å². The first-order chi connectivity index (χ1) is 17.7. The predicted molar refractivity (Wildman–Crippen MR) is 146 cm³/mol. The SMILES string of the molecule is C=CCOC(=O)CC[C@@H](C)[C@H]1CC[C@H]2[C@@H]3C(=O)CC4C[C@H](OCCCCC)CC[C@]4(C)[C@H]3C[C@H](O)[C@]12C. The van der Waals surface area contributed by atoms with E-state index in [-0.39, 0.29) is 47.3 Å². The minimum absolute atomic E-state index is 0.0754. The van der Waals surface area contributed by atoms with E-state index in [1.54, 1.807) is 6.08 Å². The summed E-state index contributed by atoms with van der Waals surface area (Å²) in [4.78, 5) is 25.9. The van der Waals surface area contributed by atoms with E-state index in [0.717, 1.165) is 58.0 Å². The number of rotatable bonds is 11. The summed E-state index contributed by atoms with van der Waals surface area (Å²) in [5.74, 6) is 1.87. The average molecular weight is 517 g/mol. The Morgan fingerprint density at radius 1 is 1.19 bits per heavy atom. The second-order valence-electron chi connectivity index (χ2n) is 13.4. The van der Waals surface area contributed by atoms with E-state index in [9.17, 15) is 14.7 Å². The fourth-order valence-electron chi connectivity index (χ4n) is 9.35. The Bertz CT molecular complexity index is 824. The molecule has 0 aliphatic heterocycles. The molecule has 0 amide bonds. The van der Waals surface area contributed by atoms with Crippen LogP contribution < -0.4 is 0 Å². The topological polar surface area (TPSA) is 72.8 Å². The number of fused-ring (bicyclic) bond motifs is 5. The van der Waals surface area contributed by atoms with Gasteiger partial charge in [0.25, 0.3) is 0 Å². The molecule has 0 bridgehead atoms. The van der Waals surface area contributed by atoms with Crippen LogP contribution in [0.15, 0.2) is 12.7 Å². The zero-order valence-corrected chi connectivity index (χ0v) is 23.9. The molecule has 4 aliphatic rings. The first-order valence-electron chi connectivity index (χ1n) is 15.3. The molecule has 0 aromatic carbocycles. The highest BCUT2D eigenvalue weighted by Gasteiger charge is 2.65. The van der Waals surface area contributed by atoms with E-state index in [4.69, 9.17) is 9.47 Å². The van der Waals surface area contributed by atoms with Gasteiger partial charge < -0.3 is 14.6 Å². The number of Topliss-reactive ketones (excluding diaryl/α,β-unsaturated/α-hetero) is 1. The van der Waals surface area contributed by atoms with Crippen LogP contribution in [0.1, 0.15) is 105 Å². The number of ketones is 1. The summed E-state index contributed by atoms with van der Waals surface area (Å²) in [5, 5.41) is 11.8. The lowest BCUT2D eigenvalue weighted by molar-refractivity contribution is -0.184. The highest BCUT2D eigenvalue weighted by molar-refractivity contribution is 5.83. The van der Waals surface area contributed by atoms with Gasteiger partial charge in [0.1, 0.15) is 12.4 Å². The Morgan fingerprint density at radius 3 is 2.70 bits per heavy atom. The highest BCUT2D eigenvalue weighted by atomic mass is 16.5. The van der Waals surface area contributed by atoms with Crippen LogP contribution in [0.2, 0.25) is 0 Å². The van der Waals surface area contributed by atoms with Gasteiger partial charge in [0, 0.05) is 30.8 Å². The summed E-state index contributed by atoms with van der Waals surface area (Å²) in [5.41, 5.74) is -0.146. The number of unbranched alkanes of at least 4 members (excludes halogenated alkanes) is 2. The summed E-state index contributed by atoms with van der Waals surface area (Å²) >= 11 is 0. The Kier molecular flexibility index (Phi) is 9.26. The van der Waals surface area contributed by atoms with Gasteiger partial charge in [0.05, 0.1) is 12.2 Å². The van der Waals surface area contributed by atoms with Gasteiger partial charge in [0.15, 0.2) is 0 Å². The van der Waals surface area contributed by atoms with E-state index in [2.05, 4.69) is 34.3 Å². The molecule has 4 fully saturated rings. The number of carbonyl (C=O) groups is 2. The fourth-order valence-corrected chi connectivity index (χ4v) is 9.35. The van der Waals surface area contributed by atoms with E-state index in [1.807, 2.05) is 0 Å². The standard InChI is InChI=1S/C32H52O5/c1-6-8-9-17-36-23-14-15-31(4)22(18-23)19-27(33)30-25-12-11-24(32(25,5)28(34)20-26(30)31)21(3)10-13-29(35)37-16-7-2/h7,21-26,28,30,34H,2,6,8-20H2,1,3-5H3/t21-,22?,23-,24-,25+,26+,28+,30+,31+,32-/m1/s1. The number of ether oxygens (including phenoxy) is 2. The molecule has 4 rings (SSSR count). The van der Waals surface area contributed by atoms with Crippen LogP contribution in [0, 0.1) is 46.3 Å². The van der Waals surface area contributed by atoms with Crippen LogP contribution in [0.3, 0.4) is 0 Å². The highest BCUT2D eigenvalue weighted by Crippen LogP contribution is 2.67. The monoisotopic (exact) mass is 516 g/mol. The van der Waals surface area contributed by atoms with E-state index in [1.165, 1.54) is 12.8 Å². The van der Waals surface area contributed by atoms with Gasteiger partial charge in [-0.25, -0.2) is 0 Å². The van der Waals surface area contributed by atoms with Crippen molar-refractivity contribution in [3.8, 4) is 0 Å². The van der Waals surface area contributed by atoms with Gasteiger partial charge in [-0.2, -0.15) is 0 Å². The summed E-state index contributed by atoms with van der Waals surface area (Å²) in [6.45, 7) is 13.8. The second kappa shape index (κ2) is 11.9. The number of hydrogen-bond acceptors (Lipinski definition) is 5. The molecule has 4 aliphatic carbocycles. The molecule has 1 N–H and O–H groups in total. The Hall–Kier alpha value is -1.20. The van der Waals surface area contributed by atoms with E-state index < -0.39 is 6.10 Å². The minimum atomic E-state index is -0.396. The lowest BCUT2D eigenvalue weighted by atomic mass is 9.43. The third-order valence-electron chi connectivity index (χ3n) is 11.6. The maximum atomic E-state index is 13.8. The van der Waals surface area contributed by atoms with Crippen molar-refractivity contribution in [2.45, 2.75) is 117 Å². The molecule has 1 unspecified atom stereocenters. The second-order valence-corrected chi connectivity index (χ2v) is 13.4. The number of esters is 1. The zero-order chi connectivity index (χ0) is 26.8. The summed E-state index contributed by atoms with van der Waals surface area (Å²) in [6.07, 6.45) is 12.8. The van der Waals surface area contributed by atoms with Crippen LogP contribution in [0.5, 0.6) is 0 Å². The average Bonchev–Trinajstić information content (AvgIpc) is 3.23. The van der Waals surface area contributed by atoms with Crippen LogP contribution in [0.4, 0.5) is 0 Å². The third-order valence-corrected chi connectivity index (χ3v) is 11.6. The molecule has 0 heterocycles. The molecule has 0 saturated heterocycles. The number of hydrogen-bond donors (Lipinski definition) is 1. The fraction of sp³-hybridized carbons (Fsp3) is 0.875. The predicted octanol–water partition coefficient (Wildman–Crippen LogP) is 6.52.